The number of ether oxygens (including phenoxy) is 1. The first-order valence-corrected chi connectivity index (χ1v) is 9.85. The van der Waals surface area contributed by atoms with E-state index in [1.807, 2.05) is 42.2 Å². The zero-order valence-corrected chi connectivity index (χ0v) is 16.4. The molecule has 2 heterocycles. The Morgan fingerprint density at radius 2 is 1.93 bits per heavy atom. The second kappa shape index (κ2) is 8.38. The number of nitrogens with one attached hydrogen (secondary N) is 1. The summed E-state index contributed by atoms with van der Waals surface area (Å²) in [7, 11) is 0. The third-order valence-electron chi connectivity index (χ3n) is 4.87. The summed E-state index contributed by atoms with van der Waals surface area (Å²) >= 11 is 0. The number of halogens is 1. The summed E-state index contributed by atoms with van der Waals surface area (Å²) in [6.07, 6.45) is 1.62. The molecule has 1 saturated heterocycles. The van der Waals surface area contributed by atoms with Crippen LogP contribution in [0.3, 0.4) is 0 Å². The van der Waals surface area contributed by atoms with Crippen molar-refractivity contribution in [2.75, 3.05) is 29.9 Å². The van der Waals surface area contributed by atoms with Gasteiger partial charge in [-0.1, -0.05) is 6.07 Å². The lowest BCUT2D eigenvalue weighted by Crippen LogP contribution is -2.54. The van der Waals surface area contributed by atoms with Crippen LogP contribution in [0.25, 0.3) is 0 Å². The Hall–Kier alpha value is -3.29. The molecule has 0 bridgehead atoms. The standard InChI is InChI=1S/C21H25FN6O/c1-2-29-18-10-8-16(9-11-18)24-20-25-19(23)26-21(27-12-3-4-13-27)28(20)17-7-5-6-15(22)14-17/h5-11,14,20,24H,2-4,12-13H2,1H3,(H2,23,25). The number of hydrogen-bond donors (Lipinski definition) is 2. The first-order valence-electron chi connectivity index (χ1n) is 9.85. The van der Waals surface area contributed by atoms with Gasteiger partial charge >= 0.3 is 0 Å². The molecule has 8 heteroatoms. The van der Waals surface area contributed by atoms with Gasteiger partial charge in [0.15, 0.2) is 0 Å². The molecule has 0 saturated carbocycles. The third kappa shape index (κ3) is 4.26. The fraction of sp³-hybridized carbons (Fsp3) is 0.333. The molecule has 4 rings (SSSR count). The SMILES string of the molecule is CCOc1ccc(NC2N=C(N)N=C(N3CCCC3)N2c2cccc(F)c2)cc1. The van der Waals surface area contributed by atoms with Crippen LogP contribution in [0.1, 0.15) is 19.8 Å². The summed E-state index contributed by atoms with van der Waals surface area (Å²) < 4.78 is 19.5. The predicted molar refractivity (Wildman–Crippen MR) is 114 cm³/mol. The van der Waals surface area contributed by atoms with Crippen molar-refractivity contribution in [2.24, 2.45) is 15.7 Å². The minimum Gasteiger partial charge on any atom is -0.494 e. The fourth-order valence-corrected chi connectivity index (χ4v) is 3.56. The first-order chi connectivity index (χ1) is 14.1. The van der Waals surface area contributed by atoms with Crippen LogP contribution in [-0.2, 0) is 0 Å². The lowest BCUT2D eigenvalue weighted by molar-refractivity contribution is 0.340. The lowest BCUT2D eigenvalue weighted by Gasteiger charge is -2.38. The van der Waals surface area contributed by atoms with Gasteiger partial charge in [0, 0.05) is 18.8 Å². The summed E-state index contributed by atoms with van der Waals surface area (Å²) in [6.45, 7) is 4.32. The number of hydrogen-bond acceptors (Lipinski definition) is 7. The van der Waals surface area contributed by atoms with E-state index in [0.29, 0.717) is 18.3 Å². The van der Waals surface area contributed by atoms with E-state index in [1.165, 1.54) is 12.1 Å². The predicted octanol–water partition coefficient (Wildman–Crippen LogP) is 3.21. The number of rotatable bonds is 5. The Kier molecular flexibility index (Phi) is 5.50. The molecule has 0 aromatic heterocycles. The van der Waals surface area contributed by atoms with Gasteiger partial charge in [-0.25, -0.2) is 9.38 Å². The van der Waals surface area contributed by atoms with Gasteiger partial charge < -0.3 is 20.7 Å². The molecule has 2 aliphatic heterocycles. The largest absolute Gasteiger partial charge is 0.494 e. The van der Waals surface area contributed by atoms with E-state index in [1.54, 1.807) is 6.07 Å². The molecule has 152 valence electrons. The maximum atomic E-state index is 14.0. The topological polar surface area (TPSA) is 78.5 Å². The van der Waals surface area contributed by atoms with Gasteiger partial charge in [0.25, 0.3) is 0 Å². The van der Waals surface area contributed by atoms with Crippen molar-refractivity contribution >= 4 is 23.3 Å². The highest BCUT2D eigenvalue weighted by atomic mass is 19.1. The molecular formula is C21H25FN6O. The van der Waals surface area contributed by atoms with Gasteiger partial charge in [0.05, 0.1) is 12.3 Å². The number of anilines is 2. The minimum absolute atomic E-state index is 0.197. The summed E-state index contributed by atoms with van der Waals surface area (Å²) in [5.74, 6) is 1.36. The zero-order chi connectivity index (χ0) is 20.2. The summed E-state index contributed by atoms with van der Waals surface area (Å²) in [5.41, 5.74) is 7.55. The van der Waals surface area contributed by atoms with E-state index >= 15 is 0 Å². The van der Waals surface area contributed by atoms with Gasteiger partial charge in [-0.3, -0.25) is 4.90 Å². The highest BCUT2D eigenvalue weighted by molar-refractivity contribution is 6.06. The quantitative estimate of drug-likeness (QED) is 0.811. The molecule has 0 aliphatic carbocycles. The molecule has 0 radical (unpaired) electrons. The highest BCUT2D eigenvalue weighted by Gasteiger charge is 2.32. The first kappa shape index (κ1) is 19.0. The Labute approximate surface area is 169 Å². The van der Waals surface area contributed by atoms with Gasteiger partial charge in [0.1, 0.15) is 11.6 Å². The van der Waals surface area contributed by atoms with Crippen LogP contribution in [0.2, 0.25) is 0 Å². The highest BCUT2D eigenvalue weighted by Crippen LogP contribution is 2.26. The van der Waals surface area contributed by atoms with Crippen molar-refractivity contribution in [2.45, 2.75) is 26.1 Å². The lowest BCUT2D eigenvalue weighted by atomic mass is 10.2. The number of guanidine groups is 2. The zero-order valence-electron chi connectivity index (χ0n) is 16.4. The molecule has 0 amide bonds. The van der Waals surface area contributed by atoms with Crippen LogP contribution in [-0.4, -0.2) is 42.8 Å². The summed E-state index contributed by atoms with van der Waals surface area (Å²) in [4.78, 5) is 13.0. The molecular weight excluding hydrogens is 371 g/mol. The number of nitrogens with zero attached hydrogens (tertiary/aromatic N) is 4. The van der Waals surface area contributed by atoms with Crippen molar-refractivity contribution in [1.29, 1.82) is 0 Å². The van der Waals surface area contributed by atoms with Gasteiger partial charge in [-0.05, 0) is 62.2 Å². The van der Waals surface area contributed by atoms with Crippen LogP contribution in [0.5, 0.6) is 5.75 Å². The van der Waals surface area contributed by atoms with Gasteiger partial charge in [-0.15, -0.1) is 0 Å². The molecule has 1 atom stereocenters. The Morgan fingerprint density at radius 3 is 2.62 bits per heavy atom. The maximum Gasteiger partial charge on any atom is 0.222 e. The van der Waals surface area contributed by atoms with E-state index in [0.717, 1.165) is 37.4 Å². The normalized spacial score (nSPS) is 19.0. The number of aliphatic imine (C=N–C) groups is 2. The minimum atomic E-state index is -0.553. The van der Waals surface area contributed by atoms with Crippen LogP contribution < -0.4 is 20.7 Å². The molecule has 2 aromatic carbocycles. The summed E-state index contributed by atoms with van der Waals surface area (Å²) in [6, 6.07) is 14.1. The summed E-state index contributed by atoms with van der Waals surface area (Å²) in [5, 5.41) is 3.38. The van der Waals surface area contributed by atoms with E-state index in [4.69, 9.17) is 10.5 Å². The molecule has 3 N–H and O–H groups in total. The van der Waals surface area contributed by atoms with E-state index in [2.05, 4.69) is 20.2 Å². The number of nitrogens with two attached hydrogens (primary N) is 1. The molecule has 2 aliphatic rings. The fourth-order valence-electron chi connectivity index (χ4n) is 3.56. The van der Waals surface area contributed by atoms with Crippen LogP contribution in [0.15, 0.2) is 58.5 Å². The van der Waals surface area contributed by atoms with E-state index in [-0.39, 0.29) is 11.8 Å². The molecule has 2 aromatic rings. The van der Waals surface area contributed by atoms with Crippen molar-refractivity contribution in [3.8, 4) is 5.75 Å². The van der Waals surface area contributed by atoms with E-state index < -0.39 is 6.29 Å². The maximum absolute atomic E-state index is 14.0. The smallest absolute Gasteiger partial charge is 0.222 e. The molecule has 7 nitrogen and oxygen atoms in total. The van der Waals surface area contributed by atoms with Crippen LogP contribution >= 0.6 is 0 Å². The Bertz CT molecular complexity index is 908. The number of likely N-dealkylation sites (tertiary alicyclic amines) is 1. The Morgan fingerprint density at radius 1 is 1.17 bits per heavy atom. The third-order valence-corrected chi connectivity index (χ3v) is 4.87. The van der Waals surface area contributed by atoms with Gasteiger partial charge in [-0.2, -0.15) is 4.99 Å². The number of benzene rings is 2. The van der Waals surface area contributed by atoms with Crippen molar-refractivity contribution < 1.29 is 9.13 Å². The average Bonchev–Trinajstić information content (AvgIpc) is 3.24. The second-order valence-corrected chi connectivity index (χ2v) is 6.92. The van der Waals surface area contributed by atoms with Crippen molar-refractivity contribution in [3.05, 3.63) is 54.3 Å². The Balaban J connectivity index is 1.67. The van der Waals surface area contributed by atoms with E-state index in [9.17, 15) is 4.39 Å². The average molecular weight is 396 g/mol. The molecule has 1 fully saturated rings. The van der Waals surface area contributed by atoms with Gasteiger partial charge in [0.2, 0.25) is 18.2 Å². The second-order valence-electron chi connectivity index (χ2n) is 6.92. The van der Waals surface area contributed by atoms with Crippen LogP contribution in [0, 0.1) is 5.82 Å². The molecule has 1 unspecified atom stereocenters. The monoisotopic (exact) mass is 396 g/mol. The molecule has 0 spiro atoms. The molecule has 29 heavy (non-hydrogen) atoms. The van der Waals surface area contributed by atoms with Crippen molar-refractivity contribution in [1.82, 2.24) is 4.90 Å². The van der Waals surface area contributed by atoms with Crippen LogP contribution in [0.4, 0.5) is 15.8 Å². The van der Waals surface area contributed by atoms with Crippen molar-refractivity contribution in [3.63, 3.8) is 0 Å².